The van der Waals surface area contributed by atoms with Gasteiger partial charge in [0.1, 0.15) is 0 Å². The van der Waals surface area contributed by atoms with Gasteiger partial charge >= 0.3 is 0 Å². The van der Waals surface area contributed by atoms with Gasteiger partial charge in [0.15, 0.2) is 11.5 Å². The Kier molecular flexibility index (Phi) is 4.25. The minimum absolute atomic E-state index is 0.00756. The largest absolute Gasteiger partial charge is 0.454 e. The van der Waals surface area contributed by atoms with Crippen molar-refractivity contribution >= 4 is 11.8 Å². The second-order valence-corrected chi connectivity index (χ2v) is 6.61. The Morgan fingerprint density at radius 1 is 1.24 bits per heavy atom. The van der Waals surface area contributed by atoms with E-state index in [-0.39, 0.29) is 30.7 Å². The summed E-state index contributed by atoms with van der Waals surface area (Å²) in [6.07, 6.45) is 2.02. The summed E-state index contributed by atoms with van der Waals surface area (Å²) in [5.41, 5.74) is 0.602. The van der Waals surface area contributed by atoms with E-state index in [0.29, 0.717) is 43.2 Å². The topological polar surface area (TPSA) is 68.3 Å². The Balaban J connectivity index is 1.52. The lowest BCUT2D eigenvalue weighted by atomic mass is 9.96. The number of hydrogen-bond acceptors (Lipinski definition) is 5. The maximum atomic E-state index is 13.0. The van der Waals surface area contributed by atoms with Crippen LogP contribution >= 0.6 is 0 Å². The van der Waals surface area contributed by atoms with Crippen LogP contribution in [0, 0.1) is 0 Å². The molecule has 0 radical (unpaired) electrons. The molecule has 2 amide bonds. The number of fused-ring (bicyclic) bond motifs is 2. The van der Waals surface area contributed by atoms with Gasteiger partial charge in [0.05, 0.1) is 18.7 Å². The van der Waals surface area contributed by atoms with E-state index < -0.39 is 0 Å². The molecule has 0 bridgehead atoms. The number of carbonyl (C=O) groups excluding carboxylic acids is 2. The van der Waals surface area contributed by atoms with E-state index in [1.165, 1.54) is 0 Å². The quantitative estimate of drug-likeness (QED) is 0.821. The first kappa shape index (κ1) is 16.2. The van der Waals surface area contributed by atoms with Crippen LogP contribution in [0.1, 0.15) is 29.6 Å². The first-order chi connectivity index (χ1) is 12.2. The monoisotopic (exact) mass is 346 g/mol. The number of carbonyl (C=O) groups is 2. The maximum absolute atomic E-state index is 13.0. The Bertz CT molecular complexity index is 692. The van der Waals surface area contributed by atoms with Gasteiger partial charge in [-0.2, -0.15) is 0 Å². The van der Waals surface area contributed by atoms with Gasteiger partial charge < -0.3 is 24.0 Å². The summed E-state index contributed by atoms with van der Waals surface area (Å²) in [5, 5.41) is 0. The molecule has 1 aromatic carbocycles. The highest BCUT2D eigenvalue weighted by molar-refractivity contribution is 5.95. The van der Waals surface area contributed by atoms with Gasteiger partial charge in [0, 0.05) is 32.2 Å². The van der Waals surface area contributed by atoms with Crippen molar-refractivity contribution in [2.45, 2.75) is 31.3 Å². The van der Waals surface area contributed by atoms with Crippen molar-refractivity contribution in [1.82, 2.24) is 9.80 Å². The fourth-order valence-electron chi connectivity index (χ4n) is 4.08. The molecule has 4 rings (SSSR count). The molecule has 0 unspecified atom stereocenters. The lowest BCUT2D eigenvalue weighted by Crippen LogP contribution is -2.54. The van der Waals surface area contributed by atoms with Crippen LogP contribution in [-0.2, 0) is 9.53 Å². The summed E-state index contributed by atoms with van der Waals surface area (Å²) in [6, 6.07) is 5.47. The molecule has 7 nitrogen and oxygen atoms in total. The average Bonchev–Trinajstić information content (AvgIpc) is 3.26. The minimum atomic E-state index is -0.00756. The van der Waals surface area contributed by atoms with Crippen LogP contribution in [-0.4, -0.2) is 67.3 Å². The Labute approximate surface area is 146 Å². The van der Waals surface area contributed by atoms with Crippen LogP contribution in [0.25, 0.3) is 0 Å². The van der Waals surface area contributed by atoms with Gasteiger partial charge in [-0.25, -0.2) is 0 Å². The molecule has 0 N–H and O–H groups in total. The van der Waals surface area contributed by atoms with Crippen molar-refractivity contribution in [2.75, 3.05) is 33.6 Å². The second-order valence-electron chi connectivity index (χ2n) is 6.61. The van der Waals surface area contributed by atoms with Gasteiger partial charge in [-0.3, -0.25) is 9.59 Å². The molecule has 1 aromatic rings. The molecule has 3 heterocycles. The van der Waals surface area contributed by atoms with Crippen molar-refractivity contribution in [3.8, 4) is 11.5 Å². The van der Waals surface area contributed by atoms with Crippen LogP contribution in [0.4, 0.5) is 0 Å². The van der Waals surface area contributed by atoms with Gasteiger partial charge in [0.2, 0.25) is 12.7 Å². The molecule has 0 aromatic heterocycles. The van der Waals surface area contributed by atoms with E-state index in [9.17, 15) is 9.59 Å². The Morgan fingerprint density at radius 2 is 2.08 bits per heavy atom. The first-order valence-corrected chi connectivity index (χ1v) is 8.68. The maximum Gasteiger partial charge on any atom is 0.254 e. The van der Waals surface area contributed by atoms with Crippen LogP contribution in [0.5, 0.6) is 11.5 Å². The van der Waals surface area contributed by atoms with Crippen LogP contribution in [0.15, 0.2) is 18.2 Å². The normalized spacial score (nSPS) is 24.6. The zero-order chi connectivity index (χ0) is 17.4. The highest BCUT2D eigenvalue weighted by Crippen LogP contribution is 2.35. The number of nitrogens with zero attached hydrogens (tertiary/aromatic N) is 2. The van der Waals surface area contributed by atoms with Crippen molar-refractivity contribution < 1.29 is 23.8 Å². The highest BCUT2D eigenvalue weighted by atomic mass is 16.7. The van der Waals surface area contributed by atoms with E-state index in [2.05, 4.69) is 0 Å². The highest BCUT2D eigenvalue weighted by Gasteiger charge is 2.44. The zero-order valence-electron chi connectivity index (χ0n) is 14.3. The van der Waals surface area contributed by atoms with Gasteiger partial charge in [-0.1, -0.05) is 0 Å². The number of likely N-dealkylation sites (tertiary alicyclic amines) is 2. The summed E-state index contributed by atoms with van der Waals surface area (Å²) < 4.78 is 15.8. The molecule has 7 heteroatoms. The van der Waals surface area contributed by atoms with E-state index in [0.717, 1.165) is 12.8 Å². The number of hydrogen-bond donors (Lipinski definition) is 0. The Morgan fingerprint density at radius 3 is 2.92 bits per heavy atom. The van der Waals surface area contributed by atoms with E-state index >= 15 is 0 Å². The van der Waals surface area contributed by atoms with Crippen molar-refractivity contribution in [1.29, 1.82) is 0 Å². The number of rotatable bonds is 4. The lowest BCUT2D eigenvalue weighted by molar-refractivity contribution is -0.138. The minimum Gasteiger partial charge on any atom is -0.454 e. The standard InChI is InChI=1S/C18H22N2O5/c1-23-9-8-19-14-6-7-20(13(14)3-5-17(19)21)18(22)12-2-4-15-16(10-12)25-11-24-15/h2,4,10,13-14H,3,5-9,11H2,1H3/t13-,14-/m1/s1. The van der Waals surface area contributed by atoms with E-state index in [1.54, 1.807) is 25.3 Å². The van der Waals surface area contributed by atoms with Gasteiger partial charge in [-0.15, -0.1) is 0 Å². The average molecular weight is 346 g/mol. The predicted octanol–water partition coefficient (Wildman–Crippen LogP) is 1.27. The molecule has 0 saturated carbocycles. The molecule has 2 saturated heterocycles. The first-order valence-electron chi connectivity index (χ1n) is 8.68. The molecule has 3 aliphatic rings. The fraction of sp³-hybridized carbons (Fsp3) is 0.556. The van der Waals surface area contributed by atoms with Gasteiger partial charge in [0.25, 0.3) is 5.91 Å². The molecular weight excluding hydrogens is 324 g/mol. The van der Waals surface area contributed by atoms with E-state index in [4.69, 9.17) is 14.2 Å². The van der Waals surface area contributed by atoms with Crippen molar-refractivity contribution in [3.63, 3.8) is 0 Å². The van der Waals surface area contributed by atoms with Crippen LogP contribution in [0.2, 0.25) is 0 Å². The molecule has 134 valence electrons. The zero-order valence-corrected chi connectivity index (χ0v) is 14.3. The number of amides is 2. The molecule has 3 aliphatic heterocycles. The molecule has 2 atom stereocenters. The second kappa shape index (κ2) is 6.55. The number of benzene rings is 1. The van der Waals surface area contributed by atoms with E-state index in [1.807, 2.05) is 9.80 Å². The third kappa shape index (κ3) is 2.82. The summed E-state index contributed by atoms with van der Waals surface area (Å²) in [6.45, 7) is 1.96. The number of piperidine rings is 1. The molecule has 0 aliphatic carbocycles. The molecule has 25 heavy (non-hydrogen) atoms. The molecule has 2 fully saturated rings. The van der Waals surface area contributed by atoms with Crippen LogP contribution < -0.4 is 9.47 Å². The summed E-state index contributed by atoms with van der Waals surface area (Å²) >= 11 is 0. The van der Waals surface area contributed by atoms with Gasteiger partial charge in [-0.05, 0) is 31.0 Å². The number of methoxy groups -OCH3 is 1. The Hall–Kier alpha value is -2.28. The van der Waals surface area contributed by atoms with Crippen molar-refractivity contribution in [2.24, 2.45) is 0 Å². The summed E-state index contributed by atoms with van der Waals surface area (Å²) in [5.74, 6) is 1.44. The summed E-state index contributed by atoms with van der Waals surface area (Å²) in [4.78, 5) is 29.1. The smallest absolute Gasteiger partial charge is 0.254 e. The summed E-state index contributed by atoms with van der Waals surface area (Å²) in [7, 11) is 1.63. The third-order valence-corrected chi connectivity index (χ3v) is 5.30. The third-order valence-electron chi connectivity index (χ3n) is 5.30. The molecule has 0 spiro atoms. The number of ether oxygens (including phenoxy) is 3. The fourth-order valence-corrected chi connectivity index (χ4v) is 4.08. The lowest BCUT2D eigenvalue weighted by Gasteiger charge is -2.39. The molecular formula is C18H22N2O5. The SMILES string of the molecule is COCCN1C(=O)CC[C@@H]2[C@H]1CCN2C(=O)c1ccc2c(c1)OCO2. The van der Waals surface area contributed by atoms with Crippen molar-refractivity contribution in [3.05, 3.63) is 23.8 Å². The predicted molar refractivity (Wildman–Crippen MR) is 88.6 cm³/mol. The van der Waals surface area contributed by atoms with Crippen LogP contribution in [0.3, 0.4) is 0 Å².